The molecule has 8 nitrogen and oxygen atoms in total. The second-order valence-electron chi connectivity index (χ2n) is 9.21. The molecule has 2 atom stereocenters. The van der Waals surface area contributed by atoms with Gasteiger partial charge < -0.3 is 20.3 Å². The Hall–Kier alpha value is -4.30. The highest BCUT2D eigenvalue weighted by atomic mass is 35.5. The zero-order valence-electron chi connectivity index (χ0n) is 21.0. The molecule has 2 aliphatic rings. The van der Waals surface area contributed by atoms with Gasteiger partial charge in [0, 0.05) is 24.2 Å². The van der Waals surface area contributed by atoms with Gasteiger partial charge >= 0.3 is 6.03 Å². The van der Waals surface area contributed by atoms with Crippen LogP contribution in [0.2, 0.25) is 5.02 Å². The minimum atomic E-state index is -0.813. The van der Waals surface area contributed by atoms with Gasteiger partial charge in [-0.25, -0.2) is 4.79 Å². The highest BCUT2D eigenvalue weighted by Crippen LogP contribution is 2.37. The second-order valence-corrected chi connectivity index (χ2v) is 9.65. The van der Waals surface area contributed by atoms with Crippen LogP contribution in [0.5, 0.6) is 5.75 Å². The van der Waals surface area contributed by atoms with Crippen molar-refractivity contribution in [3.8, 4) is 5.75 Å². The molecular formula is C29H27ClN4O4. The van der Waals surface area contributed by atoms with Gasteiger partial charge in [-0.2, -0.15) is 0 Å². The van der Waals surface area contributed by atoms with Gasteiger partial charge in [-0.1, -0.05) is 54.1 Å². The minimum Gasteiger partial charge on any atom is -0.497 e. The Bertz CT molecular complexity index is 1390. The third kappa shape index (κ3) is 4.95. The minimum absolute atomic E-state index is 0.135. The summed E-state index contributed by atoms with van der Waals surface area (Å²) >= 11 is 6.07. The quantitative estimate of drug-likeness (QED) is 0.474. The van der Waals surface area contributed by atoms with E-state index in [1.165, 1.54) is 4.90 Å². The average molecular weight is 531 g/mol. The lowest BCUT2D eigenvalue weighted by molar-refractivity contribution is -0.134. The first-order chi connectivity index (χ1) is 18.4. The fourth-order valence-electron chi connectivity index (χ4n) is 4.83. The number of nitrogens with one attached hydrogen (secondary N) is 2. The second kappa shape index (κ2) is 10.6. The predicted molar refractivity (Wildman–Crippen MR) is 145 cm³/mol. The monoisotopic (exact) mass is 530 g/mol. The predicted octanol–water partition coefficient (Wildman–Crippen LogP) is 4.39. The smallest absolute Gasteiger partial charge is 0.322 e. The van der Waals surface area contributed by atoms with Gasteiger partial charge in [-0.05, 0) is 47.5 Å². The summed E-state index contributed by atoms with van der Waals surface area (Å²) in [6.45, 7) is 0.135. The topological polar surface area (TPSA) is 91.0 Å². The maximum atomic E-state index is 14.0. The Morgan fingerprint density at radius 2 is 1.74 bits per heavy atom. The van der Waals surface area contributed by atoms with Gasteiger partial charge in [-0.15, -0.1) is 0 Å². The summed E-state index contributed by atoms with van der Waals surface area (Å²) in [5, 5.41) is 6.42. The van der Waals surface area contributed by atoms with Gasteiger partial charge in [0.1, 0.15) is 11.8 Å². The third-order valence-electron chi connectivity index (χ3n) is 6.90. The third-order valence-corrected chi connectivity index (χ3v) is 7.15. The molecule has 4 amide bonds. The van der Waals surface area contributed by atoms with Crippen LogP contribution >= 0.6 is 11.6 Å². The van der Waals surface area contributed by atoms with Crippen LogP contribution in [0, 0.1) is 0 Å². The maximum Gasteiger partial charge on any atom is 0.322 e. The normalized spacial score (nSPS) is 17.7. The molecule has 9 heteroatoms. The van der Waals surface area contributed by atoms with Crippen LogP contribution in [0.25, 0.3) is 0 Å². The summed E-state index contributed by atoms with van der Waals surface area (Å²) in [5.74, 6) is 0.0543. The van der Waals surface area contributed by atoms with Crippen LogP contribution in [-0.2, 0) is 16.0 Å². The molecule has 5 rings (SSSR count). The van der Waals surface area contributed by atoms with E-state index >= 15 is 0 Å². The molecule has 0 aliphatic carbocycles. The Kier molecular flexibility index (Phi) is 7.07. The van der Waals surface area contributed by atoms with Gasteiger partial charge in [0.05, 0.1) is 31.0 Å². The first-order valence-corrected chi connectivity index (χ1v) is 12.6. The lowest BCUT2D eigenvalue weighted by atomic mass is 9.95. The fraction of sp³-hybridized carbons (Fsp3) is 0.207. The van der Waals surface area contributed by atoms with E-state index in [0.29, 0.717) is 34.2 Å². The number of anilines is 1. The van der Waals surface area contributed by atoms with Crippen molar-refractivity contribution >= 4 is 35.1 Å². The van der Waals surface area contributed by atoms with Crippen LogP contribution in [0.1, 0.15) is 17.2 Å². The number of nitrogens with zero attached hydrogens (tertiary/aromatic N) is 2. The number of rotatable bonds is 7. The molecule has 0 unspecified atom stereocenters. The van der Waals surface area contributed by atoms with E-state index in [1.807, 2.05) is 30.3 Å². The first-order valence-electron chi connectivity index (χ1n) is 12.2. The molecule has 38 heavy (non-hydrogen) atoms. The van der Waals surface area contributed by atoms with Crippen molar-refractivity contribution in [1.29, 1.82) is 0 Å². The van der Waals surface area contributed by atoms with Crippen LogP contribution < -0.4 is 15.4 Å². The van der Waals surface area contributed by atoms with Crippen LogP contribution in [0.3, 0.4) is 0 Å². The van der Waals surface area contributed by atoms with Crippen LogP contribution in [0.15, 0.2) is 90.1 Å². The maximum absolute atomic E-state index is 14.0. The molecule has 0 radical (unpaired) electrons. The van der Waals surface area contributed by atoms with Crippen LogP contribution in [-0.4, -0.2) is 54.4 Å². The lowest BCUT2D eigenvalue weighted by Gasteiger charge is -2.31. The molecule has 0 spiro atoms. The van der Waals surface area contributed by atoms with Gasteiger partial charge in [0.15, 0.2) is 0 Å². The number of hydrogen-bond donors (Lipinski definition) is 2. The summed E-state index contributed by atoms with van der Waals surface area (Å²) in [6, 6.07) is 21.8. The zero-order valence-corrected chi connectivity index (χ0v) is 21.7. The van der Waals surface area contributed by atoms with Crippen molar-refractivity contribution in [3.05, 3.63) is 106 Å². The highest BCUT2D eigenvalue weighted by Gasteiger charge is 2.46. The Labute approximate surface area is 225 Å². The molecule has 3 aromatic rings. The molecule has 0 fully saturated rings. The summed E-state index contributed by atoms with van der Waals surface area (Å²) < 4.78 is 5.21. The van der Waals surface area contributed by atoms with E-state index < -0.39 is 12.1 Å². The fourth-order valence-corrected chi connectivity index (χ4v) is 4.95. The van der Waals surface area contributed by atoms with Crippen molar-refractivity contribution in [2.45, 2.75) is 18.5 Å². The molecule has 3 aromatic carbocycles. The number of halogens is 1. The lowest BCUT2D eigenvalue weighted by Crippen LogP contribution is -2.47. The Balaban J connectivity index is 1.47. The molecule has 0 aromatic heterocycles. The van der Waals surface area contributed by atoms with E-state index in [0.717, 1.165) is 11.1 Å². The highest BCUT2D eigenvalue weighted by molar-refractivity contribution is 6.30. The number of benzene rings is 3. The standard InChI is InChI=1S/C29H27ClN4O4/c1-33-24-17-34(28(36)25(24)26(32-29(33)37)19-8-10-20(30)11-9-19)23(16-18-6-4-3-5-7-18)27(35)31-21-12-14-22(38-2)15-13-21/h3-15,23,26H,16-17H2,1-2H3,(H,31,35)(H,32,37)/t23-,26+/m1/s1. The van der Waals surface area contributed by atoms with Crippen LogP contribution in [0.4, 0.5) is 10.5 Å². The van der Waals surface area contributed by atoms with Crippen molar-refractivity contribution in [2.24, 2.45) is 0 Å². The average Bonchev–Trinajstić information content (AvgIpc) is 3.27. The summed E-state index contributed by atoms with van der Waals surface area (Å²) in [4.78, 5) is 43.5. The summed E-state index contributed by atoms with van der Waals surface area (Å²) in [5.41, 5.74) is 3.27. The van der Waals surface area contributed by atoms with Crippen molar-refractivity contribution in [2.75, 3.05) is 26.0 Å². The van der Waals surface area contributed by atoms with Gasteiger partial charge in [0.2, 0.25) is 5.91 Å². The number of ether oxygens (including phenoxy) is 1. The van der Waals surface area contributed by atoms with Crippen molar-refractivity contribution < 1.29 is 19.1 Å². The molecular weight excluding hydrogens is 504 g/mol. The van der Waals surface area contributed by atoms with Gasteiger partial charge in [-0.3, -0.25) is 14.5 Å². The Morgan fingerprint density at radius 1 is 1.05 bits per heavy atom. The van der Waals surface area contributed by atoms with Crippen molar-refractivity contribution in [1.82, 2.24) is 15.1 Å². The zero-order chi connectivity index (χ0) is 26.8. The summed E-state index contributed by atoms with van der Waals surface area (Å²) in [6.07, 6.45) is 0.311. The number of amides is 4. The number of carbonyl (C=O) groups is 3. The molecule has 0 saturated carbocycles. The number of methoxy groups -OCH3 is 1. The molecule has 0 saturated heterocycles. The SMILES string of the molecule is COc1ccc(NC(=O)[C@@H](Cc2ccccc2)N2CC3=C(C2=O)[C@H](c2ccc(Cl)cc2)NC(=O)N3C)cc1. The van der Waals surface area contributed by atoms with E-state index in [4.69, 9.17) is 16.3 Å². The Morgan fingerprint density at radius 3 is 2.39 bits per heavy atom. The van der Waals surface area contributed by atoms with E-state index in [-0.39, 0.29) is 24.4 Å². The molecule has 2 N–H and O–H groups in total. The van der Waals surface area contributed by atoms with Gasteiger partial charge in [0.25, 0.3) is 5.91 Å². The van der Waals surface area contributed by atoms with Crippen molar-refractivity contribution in [3.63, 3.8) is 0 Å². The molecule has 2 heterocycles. The number of urea groups is 1. The van der Waals surface area contributed by atoms with E-state index in [9.17, 15) is 14.4 Å². The van der Waals surface area contributed by atoms with E-state index in [1.54, 1.807) is 67.6 Å². The largest absolute Gasteiger partial charge is 0.497 e. The first kappa shape index (κ1) is 25.4. The number of carbonyl (C=O) groups excluding carboxylic acids is 3. The summed E-state index contributed by atoms with van der Waals surface area (Å²) in [7, 11) is 3.20. The molecule has 194 valence electrons. The number of likely N-dealkylation sites (N-methyl/N-ethyl adjacent to an activating group) is 1. The van der Waals surface area contributed by atoms with E-state index in [2.05, 4.69) is 10.6 Å². The molecule has 2 aliphatic heterocycles. The number of hydrogen-bond acceptors (Lipinski definition) is 4. The molecule has 0 bridgehead atoms.